The van der Waals surface area contributed by atoms with Crippen molar-refractivity contribution < 1.29 is 4.79 Å². The molecule has 1 aliphatic rings. The van der Waals surface area contributed by atoms with Gasteiger partial charge in [-0.3, -0.25) is 4.79 Å². The van der Waals surface area contributed by atoms with Gasteiger partial charge in [0.2, 0.25) is 5.91 Å². The third-order valence-corrected chi connectivity index (χ3v) is 2.07. The zero-order valence-corrected chi connectivity index (χ0v) is 8.68. The van der Waals surface area contributed by atoms with Crippen molar-refractivity contribution in [1.82, 2.24) is 4.90 Å². The minimum Gasteiger partial charge on any atom is -0.366 e. The third kappa shape index (κ3) is 6.34. The second kappa shape index (κ2) is 6.66. The summed E-state index contributed by atoms with van der Waals surface area (Å²) in [6.45, 7) is 11.0. The zero-order valence-electron chi connectivity index (χ0n) is 8.68. The normalized spacial score (nSPS) is 16.2. The number of nitrogens with zero attached hydrogens (tertiary/aromatic N) is 1. The molecule has 0 radical (unpaired) electrons. The summed E-state index contributed by atoms with van der Waals surface area (Å²) in [6, 6.07) is 0. The Balaban J connectivity index is 0.000000226. The van der Waals surface area contributed by atoms with E-state index in [-0.39, 0.29) is 0 Å². The second-order valence-corrected chi connectivity index (χ2v) is 3.29. The maximum atomic E-state index is 9.82. The number of carbonyl (C=O) groups excluding carboxylic acids is 1. The summed E-state index contributed by atoms with van der Waals surface area (Å²) in [7, 11) is 0. The van der Waals surface area contributed by atoms with E-state index < -0.39 is 5.91 Å². The molecule has 13 heavy (non-hydrogen) atoms. The van der Waals surface area contributed by atoms with Gasteiger partial charge >= 0.3 is 0 Å². The van der Waals surface area contributed by atoms with Gasteiger partial charge in [0.1, 0.15) is 0 Å². The molecule has 1 amide bonds. The molecule has 1 saturated heterocycles. The highest BCUT2D eigenvalue weighted by molar-refractivity contribution is 5.90. The van der Waals surface area contributed by atoms with Crippen molar-refractivity contribution in [2.75, 3.05) is 19.6 Å². The standard InChI is InChI=1S/C6H13N.C4H7NO/c1-2-7-5-3-4-6-7;1-3(2)4(5)6/h2-6H2,1H3;1H2,2H3,(H2,5,6). The Morgan fingerprint density at radius 3 is 2.00 bits per heavy atom. The van der Waals surface area contributed by atoms with Gasteiger partial charge in [-0.05, 0) is 39.4 Å². The first-order valence-corrected chi connectivity index (χ1v) is 4.75. The van der Waals surface area contributed by atoms with Crippen LogP contribution in [0.15, 0.2) is 12.2 Å². The lowest BCUT2D eigenvalue weighted by Crippen LogP contribution is -2.17. The van der Waals surface area contributed by atoms with Gasteiger partial charge in [-0.1, -0.05) is 13.5 Å². The molecular weight excluding hydrogens is 164 g/mol. The van der Waals surface area contributed by atoms with Crippen molar-refractivity contribution in [3.05, 3.63) is 12.2 Å². The predicted octanol–water partition coefficient (Wildman–Crippen LogP) is 1.15. The lowest BCUT2D eigenvalue weighted by atomic mass is 10.3. The van der Waals surface area contributed by atoms with Crippen LogP contribution in [0.25, 0.3) is 0 Å². The van der Waals surface area contributed by atoms with Crippen LogP contribution in [0.2, 0.25) is 0 Å². The van der Waals surface area contributed by atoms with E-state index in [0.29, 0.717) is 5.57 Å². The fourth-order valence-corrected chi connectivity index (χ4v) is 1.10. The maximum absolute atomic E-state index is 9.82. The quantitative estimate of drug-likeness (QED) is 0.654. The third-order valence-electron chi connectivity index (χ3n) is 2.07. The molecule has 0 bridgehead atoms. The Morgan fingerprint density at radius 1 is 1.46 bits per heavy atom. The summed E-state index contributed by atoms with van der Waals surface area (Å²) in [5.74, 6) is -0.435. The van der Waals surface area contributed by atoms with E-state index in [1.54, 1.807) is 6.92 Å². The Kier molecular flexibility index (Phi) is 6.24. The van der Waals surface area contributed by atoms with E-state index in [0.717, 1.165) is 0 Å². The highest BCUT2D eigenvalue weighted by Gasteiger charge is 2.06. The summed E-state index contributed by atoms with van der Waals surface area (Å²) >= 11 is 0. The molecule has 3 nitrogen and oxygen atoms in total. The number of nitrogens with two attached hydrogens (primary N) is 1. The van der Waals surface area contributed by atoms with E-state index >= 15 is 0 Å². The van der Waals surface area contributed by atoms with Gasteiger partial charge in [0.15, 0.2) is 0 Å². The van der Waals surface area contributed by atoms with Gasteiger partial charge in [-0.15, -0.1) is 0 Å². The highest BCUT2D eigenvalue weighted by Crippen LogP contribution is 2.04. The molecule has 0 aromatic carbocycles. The molecular formula is C10H20N2O. The summed E-state index contributed by atoms with van der Waals surface area (Å²) in [5, 5.41) is 0. The van der Waals surface area contributed by atoms with Crippen LogP contribution in [0.4, 0.5) is 0 Å². The average Bonchev–Trinajstić information content (AvgIpc) is 2.56. The minimum absolute atomic E-state index is 0.398. The molecule has 3 heteroatoms. The van der Waals surface area contributed by atoms with Gasteiger partial charge in [-0.2, -0.15) is 0 Å². The van der Waals surface area contributed by atoms with Crippen LogP contribution in [-0.2, 0) is 4.79 Å². The van der Waals surface area contributed by atoms with Crippen molar-refractivity contribution in [1.29, 1.82) is 0 Å². The van der Waals surface area contributed by atoms with Crippen molar-refractivity contribution in [2.45, 2.75) is 26.7 Å². The number of hydrogen-bond donors (Lipinski definition) is 1. The molecule has 76 valence electrons. The molecule has 0 aliphatic carbocycles. The summed E-state index contributed by atoms with van der Waals surface area (Å²) in [6.07, 6.45) is 2.85. The van der Waals surface area contributed by atoms with Crippen LogP contribution in [0, 0.1) is 0 Å². The number of primary amides is 1. The largest absolute Gasteiger partial charge is 0.366 e. The number of hydrogen-bond acceptors (Lipinski definition) is 2. The Bertz CT molecular complexity index is 160. The van der Waals surface area contributed by atoms with E-state index in [9.17, 15) is 4.79 Å². The lowest BCUT2D eigenvalue weighted by molar-refractivity contribution is -0.114. The molecule has 0 unspecified atom stereocenters. The molecule has 1 aliphatic heterocycles. The smallest absolute Gasteiger partial charge is 0.243 e. The van der Waals surface area contributed by atoms with Crippen LogP contribution >= 0.6 is 0 Å². The minimum atomic E-state index is -0.435. The van der Waals surface area contributed by atoms with Crippen molar-refractivity contribution in [3.8, 4) is 0 Å². The zero-order chi connectivity index (χ0) is 10.3. The maximum Gasteiger partial charge on any atom is 0.243 e. The number of carbonyl (C=O) groups is 1. The van der Waals surface area contributed by atoms with Crippen LogP contribution in [0.3, 0.4) is 0 Å². The Morgan fingerprint density at radius 2 is 1.85 bits per heavy atom. The average molecular weight is 184 g/mol. The summed E-state index contributed by atoms with van der Waals surface area (Å²) < 4.78 is 0. The fraction of sp³-hybridized carbons (Fsp3) is 0.700. The van der Waals surface area contributed by atoms with Crippen molar-refractivity contribution in [3.63, 3.8) is 0 Å². The molecule has 0 saturated carbocycles. The topological polar surface area (TPSA) is 46.3 Å². The molecule has 2 N–H and O–H groups in total. The van der Waals surface area contributed by atoms with Gasteiger partial charge in [0.05, 0.1) is 0 Å². The van der Waals surface area contributed by atoms with E-state index in [4.69, 9.17) is 5.73 Å². The van der Waals surface area contributed by atoms with Crippen LogP contribution < -0.4 is 5.73 Å². The number of likely N-dealkylation sites (tertiary alicyclic amines) is 1. The first-order valence-electron chi connectivity index (χ1n) is 4.75. The second-order valence-electron chi connectivity index (χ2n) is 3.29. The van der Waals surface area contributed by atoms with Gasteiger partial charge in [0, 0.05) is 5.57 Å². The van der Waals surface area contributed by atoms with E-state index in [1.807, 2.05) is 0 Å². The van der Waals surface area contributed by atoms with Crippen LogP contribution in [-0.4, -0.2) is 30.4 Å². The SMILES string of the molecule is C=C(C)C(N)=O.CCN1CCCC1. The summed E-state index contributed by atoms with van der Waals surface area (Å²) in [5.41, 5.74) is 5.09. The molecule has 1 heterocycles. The number of amides is 1. The Labute approximate surface area is 80.6 Å². The Hall–Kier alpha value is -0.830. The van der Waals surface area contributed by atoms with Crippen LogP contribution in [0.1, 0.15) is 26.7 Å². The predicted molar refractivity (Wildman–Crippen MR) is 55.4 cm³/mol. The van der Waals surface area contributed by atoms with Gasteiger partial charge < -0.3 is 10.6 Å². The van der Waals surface area contributed by atoms with Gasteiger partial charge in [-0.25, -0.2) is 0 Å². The van der Waals surface area contributed by atoms with Gasteiger partial charge in [0.25, 0.3) is 0 Å². The molecule has 0 spiro atoms. The van der Waals surface area contributed by atoms with Crippen LogP contribution in [0.5, 0.6) is 0 Å². The first-order chi connectivity index (χ1) is 6.07. The monoisotopic (exact) mass is 184 g/mol. The van der Waals surface area contributed by atoms with Crippen molar-refractivity contribution >= 4 is 5.91 Å². The number of rotatable bonds is 2. The lowest BCUT2D eigenvalue weighted by Gasteiger charge is -2.08. The van der Waals surface area contributed by atoms with E-state index in [2.05, 4.69) is 18.4 Å². The molecule has 0 aromatic heterocycles. The molecule has 1 rings (SSSR count). The first kappa shape index (κ1) is 12.2. The fourth-order valence-electron chi connectivity index (χ4n) is 1.10. The van der Waals surface area contributed by atoms with Crippen molar-refractivity contribution in [2.24, 2.45) is 5.73 Å². The molecule has 1 fully saturated rings. The molecule has 0 aromatic rings. The summed E-state index contributed by atoms with van der Waals surface area (Å²) in [4.78, 5) is 12.3. The van der Waals surface area contributed by atoms with E-state index in [1.165, 1.54) is 32.5 Å². The highest BCUT2D eigenvalue weighted by atomic mass is 16.1. The molecule has 0 atom stereocenters.